The van der Waals surface area contributed by atoms with Crippen LogP contribution in [0.1, 0.15) is 58.6 Å². The molecular formula is C27H33N3. The number of nitrogens with zero attached hydrogens (tertiary/aromatic N) is 3. The predicted molar refractivity (Wildman–Crippen MR) is 130 cm³/mol. The van der Waals surface area contributed by atoms with Gasteiger partial charge >= 0.3 is 0 Å². The fraction of sp³-hybridized carbons (Fsp3) is 0.333. The van der Waals surface area contributed by atoms with E-state index < -0.39 is 0 Å². The van der Waals surface area contributed by atoms with Crippen LogP contribution in [-0.4, -0.2) is 16.0 Å². The van der Waals surface area contributed by atoms with Crippen LogP contribution in [-0.2, 0) is 7.05 Å². The molecule has 3 nitrogen and oxygen atoms in total. The Morgan fingerprint density at radius 1 is 0.600 bits per heavy atom. The van der Waals surface area contributed by atoms with Crippen LogP contribution in [0, 0.1) is 41.5 Å². The maximum Gasteiger partial charge on any atom is 0.0692 e. The van der Waals surface area contributed by atoms with Crippen molar-refractivity contribution in [1.29, 1.82) is 0 Å². The van der Waals surface area contributed by atoms with Crippen LogP contribution in [0.15, 0.2) is 46.4 Å². The third-order valence-corrected chi connectivity index (χ3v) is 5.69. The lowest BCUT2D eigenvalue weighted by molar-refractivity contribution is 0.900. The third-order valence-electron chi connectivity index (χ3n) is 5.69. The summed E-state index contributed by atoms with van der Waals surface area (Å²) in [7, 11) is 2.09. The van der Waals surface area contributed by atoms with Crippen molar-refractivity contribution in [3.05, 3.63) is 81.2 Å². The summed E-state index contributed by atoms with van der Waals surface area (Å²) in [4.78, 5) is 9.96. The van der Waals surface area contributed by atoms with Gasteiger partial charge in [-0.1, -0.05) is 35.4 Å². The second-order valence-electron chi connectivity index (χ2n) is 8.55. The summed E-state index contributed by atoms with van der Waals surface area (Å²) in [5, 5.41) is 0. The highest BCUT2D eigenvalue weighted by Crippen LogP contribution is 2.28. The number of aliphatic imine (C=N–C) groups is 2. The number of hydrogen-bond donors (Lipinski definition) is 0. The summed E-state index contributed by atoms with van der Waals surface area (Å²) in [6.07, 6.45) is 0. The van der Waals surface area contributed by atoms with Crippen molar-refractivity contribution in [2.75, 3.05) is 0 Å². The van der Waals surface area contributed by atoms with Gasteiger partial charge in [-0.25, -0.2) is 0 Å². The molecule has 0 unspecified atom stereocenters. The van der Waals surface area contributed by atoms with Gasteiger partial charge in [0.05, 0.1) is 34.2 Å². The predicted octanol–water partition coefficient (Wildman–Crippen LogP) is 7.16. The van der Waals surface area contributed by atoms with Gasteiger partial charge in [-0.05, 0) is 89.8 Å². The topological polar surface area (TPSA) is 29.6 Å². The highest BCUT2D eigenvalue weighted by atomic mass is 15.0. The molecule has 30 heavy (non-hydrogen) atoms. The van der Waals surface area contributed by atoms with Crippen LogP contribution < -0.4 is 0 Å². The molecule has 0 aliphatic carbocycles. The third kappa shape index (κ3) is 4.30. The second kappa shape index (κ2) is 8.43. The van der Waals surface area contributed by atoms with E-state index in [0.717, 1.165) is 34.2 Å². The van der Waals surface area contributed by atoms with Crippen molar-refractivity contribution in [3.8, 4) is 0 Å². The Morgan fingerprint density at radius 3 is 1.20 bits per heavy atom. The number of aromatic nitrogens is 1. The van der Waals surface area contributed by atoms with Gasteiger partial charge < -0.3 is 4.57 Å². The van der Waals surface area contributed by atoms with E-state index >= 15 is 0 Å². The maximum absolute atomic E-state index is 4.98. The molecule has 1 aromatic heterocycles. The summed E-state index contributed by atoms with van der Waals surface area (Å²) in [6, 6.07) is 13.1. The average molecular weight is 400 g/mol. The summed E-state index contributed by atoms with van der Waals surface area (Å²) in [6.45, 7) is 16.9. The number of hydrogen-bond acceptors (Lipinski definition) is 2. The molecule has 2 aromatic carbocycles. The van der Waals surface area contributed by atoms with Gasteiger partial charge in [-0.15, -0.1) is 0 Å². The van der Waals surface area contributed by atoms with Crippen molar-refractivity contribution in [3.63, 3.8) is 0 Å². The molecule has 0 fully saturated rings. The Bertz CT molecular complexity index is 1040. The van der Waals surface area contributed by atoms with Crippen LogP contribution in [0.4, 0.5) is 11.4 Å². The molecule has 0 aliphatic heterocycles. The molecule has 3 heteroatoms. The van der Waals surface area contributed by atoms with Crippen LogP contribution in [0.3, 0.4) is 0 Å². The molecule has 1 heterocycles. The van der Waals surface area contributed by atoms with Crippen LogP contribution in [0.5, 0.6) is 0 Å². The highest BCUT2D eigenvalue weighted by molar-refractivity contribution is 6.04. The Hall–Kier alpha value is -2.94. The molecule has 0 N–H and O–H groups in total. The lowest BCUT2D eigenvalue weighted by Gasteiger charge is -2.12. The Balaban J connectivity index is 2.00. The molecule has 0 bridgehead atoms. The number of aryl methyl sites for hydroxylation is 6. The molecule has 3 rings (SSSR count). The van der Waals surface area contributed by atoms with E-state index in [1.165, 1.54) is 33.4 Å². The fourth-order valence-electron chi connectivity index (χ4n) is 4.39. The van der Waals surface area contributed by atoms with E-state index in [1.54, 1.807) is 0 Å². The molecule has 0 radical (unpaired) electrons. The van der Waals surface area contributed by atoms with Gasteiger partial charge in [0.2, 0.25) is 0 Å². The Kier molecular flexibility index (Phi) is 6.12. The summed E-state index contributed by atoms with van der Waals surface area (Å²) in [5.74, 6) is 0. The van der Waals surface area contributed by atoms with Crippen molar-refractivity contribution >= 4 is 22.8 Å². The second-order valence-corrected chi connectivity index (χ2v) is 8.55. The van der Waals surface area contributed by atoms with E-state index in [4.69, 9.17) is 9.98 Å². The van der Waals surface area contributed by atoms with Crippen molar-refractivity contribution in [2.45, 2.75) is 55.4 Å². The van der Waals surface area contributed by atoms with E-state index in [2.05, 4.69) is 103 Å². The van der Waals surface area contributed by atoms with Gasteiger partial charge in [0.1, 0.15) is 0 Å². The average Bonchev–Trinajstić information content (AvgIpc) is 3.02. The number of rotatable bonds is 4. The fourth-order valence-corrected chi connectivity index (χ4v) is 4.39. The molecule has 156 valence electrons. The molecule has 0 saturated heterocycles. The minimum Gasteiger partial charge on any atom is -0.342 e. The van der Waals surface area contributed by atoms with E-state index in [1.807, 2.05) is 0 Å². The highest BCUT2D eigenvalue weighted by Gasteiger charge is 2.12. The Labute approximate surface area is 181 Å². The van der Waals surface area contributed by atoms with E-state index in [0.29, 0.717) is 0 Å². The van der Waals surface area contributed by atoms with Gasteiger partial charge in [-0.2, -0.15) is 0 Å². The standard InChI is InChI=1S/C27H33N3/c1-16-12-18(3)26(19(4)13-16)28-22(7)24-10-11-25(30(24)9)23(8)29-27-20(5)14-17(2)15-21(27)6/h10-15H,1-9H3. The monoisotopic (exact) mass is 399 g/mol. The summed E-state index contributed by atoms with van der Waals surface area (Å²) >= 11 is 0. The van der Waals surface area contributed by atoms with Gasteiger partial charge in [0.15, 0.2) is 0 Å². The number of benzene rings is 2. The molecule has 3 aromatic rings. The smallest absolute Gasteiger partial charge is 0.0692 e. The zero-order valence-corrected chi connectivity index (χ0v) is 19.8. The summed E-state index contributed by atoms with van der Waals surface area (Å²) in [5.41, 5.74) is 13.8. The summed E-state index contributed by atoms with van der Waals surface area (Å²) < 4.78 is 2.19. The SMILES string of the molecule is CC(=Nc1c(C)cc(C)cc1C)c1ccc(C(C)=Nc2c(C)cc(C)cc2C)n1C. The first kappa shape index (κ1) is 21.8. The molecular weight excluding hydrogens is 366 g/mol. The first-order valence-electron chi connectivity index (χ1n) is 10.5. The Morgan fingerprint density at radius 2 is 0.900 bits per heavy atom. The molecule has 0 atom stereocenters. The molecule has 0 spiro atoms. The largest absolute Gasteiger partial charge is 0.342 e. The van der Waals surface area contributed by atoms with Crippen molar-refractivity contribution in [2.24, 2.45) is 17.0 Å². The normalized spacial score (nSPS) is 12.6. The van der Waals surface area contributed by atoms with Gasteiger partial charge in [-0.3, -0.25) is 9.98 Å². The molecule has 0 aliphatic rings. The van der Waals surface area contributed by atoms with Crippen molar-refractivity contribution < 1.29 is 0 Å². The maximum atomic E-state index is 4.98. The van der Waals surface area contributed by atoms with E-state index in [9.17, 15) is 0 Å². The zero-order chi connectivity index (χ0) is 22.2. The molecule has 0 saturated carbocycles. The van der Waals surface area contributed by atoms with Crippen LogP contribution in [0.25, 0.3) is 0 Å². The lowest BCUT2D eigenvalue weighted by Crippen LogP contribution is -2.09. The quantitative estimate of drug-likeness (QED) is 0.417. The first-order chi connectivity index (χ1) is 14.1. The van der Waals surface area contributed by atoms with Crippen molar-refractivity contribution in [1.82, 2.24) is 4.57 Å². The van der Waals surface area contributed by atoms with Gasteiger partial charge in [0.25, 0.3) is 0 Å². The van der Waals surface area contributed by atoms with Gasteiger partial charge in [0, 0.05) is 7.05 Å². The minimum atomic E-state index is 1.01. The van der Waals surface area contributed by atoms with E-state index in [-0.39, 0.29) is 0 Å². The lowest BCUT2D eigenvalue weighted by atomic mass is 10.1. The zero-order valence-electron chi connectivity index (χ0n) is 19.8. The molecule has 0 amide bonds. The first-order valence-corrected chi connectivity index (χ1v) is 10.5. The minimum absolute atomic E-state index is 1.01. The van der Waals surface area contributed by atoms with Crippen LogP contribution in [0.2, 0.25) is 0 Å². The van der Waals surface area contributed by atoms with Crippen LogP contribution >= 0.6 is 0 Å².